The Morgan fingerprint density at radius 3 is 2.00 bits per heavy atom. The molecule has 1 aliphatic heterocycles. The first-order chi connectivity index (χ1) is 13.1. The average molecular weight is 383 g/mol. The molecule has 3 heteroatoms. The molecule has 156 valence electrons. The second-order valence-corrected chi connectivity index (χ2v) is 9.78. The maximum atomic E-state index is 12.4. The fraction of sp³-hybridized carbons (Fsp3) is 0.917. The highest BCUT2D eigenvalue weighted by Crippen LogP contribution is 2.44. The van der Waals surface area contributed by atoms with Gasteiger partial charge in [-0.2, -0.15) is 8.78 Å². The zero-order valence-electron chi connectivity index (χ0n) is 17.5. The Balaban J connectivity index is 1.37. The van der Waals surface area contributed by atoms with Crippen LogP contribution in [-0.2, 0) is 4.74 Å². The summed E-state index contributed by atoms with van der Waals surface area (Å²) in [5, 5.41) is 0. The van der Waals surface area contributed by atoms with Gasteiger partial charge < -0.3 is 4.74 Å². The van der Waals surface area contributed by atoms with Crippen molar-refractivity contribution in [2.45, 2.75) is 97.0 Å². The number of rotatable bonds is 6. The summed E-state index contributed by atoms with van der Waals surface area (Å²) in [6.45, 7) is 5.66. The number of hydrogen-bond acceptors (Lipinski definition) is 1. The normalized spacial score (nSPS) is 39.0. The predicted molar refractivity (Wildman–Crippen MR) is 108 cm³/mol. The minimum atomic E-state index is -1.49. The van der Waals surface area contributed by atoms with Gasteiger partial charge in [-0.05, 0) is 106 Å². The SMILES string of the molecule is CCCC(C)C1CCC(C2CCC(C3CCC(C=C(F)F)CC3)CC2)OC1. The van der Waals surface area contributed by atoms with Crippen LogP contribution in [0.15, 0.2) is 12.2 Å². The molecule has 0 radical (unpaired) electrons. The van der Waals surface area contributed by atoms with E-state index in [0.29, 0.717) is 6.10 Å². The topological polar surface area (TPSA) is 9.23 Å². The first-order valence-electron chi connectivity index (χ1n) is 11.7. The molecule has 1 nitrogen and oxygen atoms in total. The van der Waals surface area contributed by atoms with Crippen LogP contribution in [0.5, 0.6) is 0 Å². The van der Waals surface area contributed by atoms with Crippen molar-refractivity contribution in [2.24, 2.45) is 35.5 Å². The molecule has 1 heterocycles. The summed E-state index contributed by atoms with van der Waals surface area (Å²) in [4.78, 5) is 0. The van der Waals surface area contributed by atoms with E-state index in [9.17, 15) is 8.78 Å². The van der Waals surface area contributed by atoms with Gasteiger partial charge in [0, 0.05) is 0 Å². The zero-order valence-corrected chi connectivity index (χ0v) is 17.5. The van der Waals surface area contributed by atoms with Gasteiger partial charge >= 0.3 is 0 Å². The van der Waals surface area contributed by atoms with E-state index in [-0.39, 0.29) is 5.92 Å². The van der Waals surface area contributed by atoms with Crippen LogP contribution < -0.4 is 0 Å². The molecule has 0 amide bonds. The number of ether oxygens (including phenoxy) is 1. The van der Waals surface area contributed by atoms with Crippen LogP contribution in [0, 0.1) is 35.5 Å². The van der Waals surface area contributed by atoms with Crippen molar-refractivity contribution in [1.82, 2.24) is 0 Å². The largest absolute Gasteiger partial charge is 0.378 e. The average Bonchev–Trinajstić information content (AvgIpc) is 2.69. The van der Waals surface area contributed by atoms with Gasteiger partial charge in [0.1, 0.15) is 0 Å². The lowest BCUT2D eigenvalue weighted by Gasteiger charge is -2.41. The number of halogens is 2. The summed E-state index contributed by atoms with van der Waals surface area (Å²) < 4.78 is 31.2. The Morgan fingerprint density at radius 2 is 1.48 bits per heavy atom. The Labute approximate surface area is 165 Å². The first kappa shape index (κ1) is 21.3. The predicted octanol–water partition coefficient (Wildman–Crippen LogP) is 7.61. The van der Waals surface area contributed by atoms with Gasteiger partial charge in [-0.25, -0.2) is 0 Å². The zero-order chi connectivity index (χ0) is 19.2. The van der Waals surface area contributed by atoms with Gasteiger partial charge in [-0.1, -0.05) is 26.7 Å². The molecule has 0 aromatic heterocycles. The second kappa shape index (κ2) is 10.4. The molecule has 0 spiro atoms. The van der Waals surface area contributed by atoms with E-state index in [4.69, 9.17) is 4.74 Å². The molecule has 2 aliphatic carbocycles. The van der Waals surface area contributed by atoms with Crippen molar-refractivity contribution in [3.63, 3.8) is 0 Å². The monoisotopic (exact) mass is 382 g/mol. The van der Waals surface area contributed by atoms with Gasteiger partial charge in [-0.3, -0.25) is 0 Å². The van der Waals surface area contributed by atoms with Gasteiger partial charge in [0.05, 0.1) is 12.7 Å². The molecule has 3 fully saturated rings. The third kappa shape index (κ3) is 6.02. The molecule has 3 atom stereocenters. The highest BCUT2D eigenvalue weighted by Gasteiger charge is 2.35. The lowest BCUT2D eigenvalue weighted by Crippen LogP contribution is -2.36. The minimum Gasteiger partial charge on any atom is -0.378 e. The maximum absolute atomic E-state index is 12.4. The van der Waals surface area contributed by atoms with Crippen molar-refractivity contribution in [2.75, 3.05) is 6.61 Å². The summed E-state index contributed by atoms with van der Waals surface area (Å²) in [5.41, 5.74) is 0. The third-order valence-corrected chi connectivity index (χ3v) is 8.08. The van der Waals surface area contributed by atoms with Crippen molar-refractivity contribution in [1.29, 1.82) is 0 Å². The fourth-order valence-corrected chi connectivity index (χ4v) is 6.25. The molecule has 0 aromatic rings. The Morgan fingerprint density at radius 1 is 0.889 bits per heavy atom. The van der Waals surface area contributed by atoms with Crippen molar-refractivity contribution < 1.29 is 13.5 Å². The third-order valence-electron chi connectivity index (χ3n) is 8.08. The maximum Gasteiger partial charge on any atom is 0.266 e. The Hall–Kier alpha value is -0.440. The van der Waals surface area contributed by atoms with Crippen LogP contribution >= 0.6 is 0 Å². The smallest absolute Gasteiger partial charge is 0.266 e. The molecule has 3 unspecified atom stereocenters. The minimum absolute atomic E-state index is 0.126. The summed E-state index contributed by atoms with van der Waals surface area (Å²) in [5.74, 6) is 4.09. The van der Waals surface area contributed by atoms with Crippen LogP contribution in [0.1, 0.15) is 90.9 Å². The molecule has 1 saturated heterocycles. The van der Waals surface area contributed by atoms with Crippen LogP contribution in [0.4, 0.5) is 8.78 Å². The van der Waals surface area contributed by atoms with E-state index in [1.54, 1.807) is 0 Å². The first-order valence-corrected chi connectivity index (χ1v) is 11.7. The Kier molecular flexibility index (Phi) is 8.17. The molecule has 27 heavy (non-hydrogen) atoms. The molecule has 3 aliphatic rings. The van der Waals surface area contributed by atoms with Crippen molar-refractivity contribution in [3.05, 3.63) is 12.2 Å². The molecule has 0 aromatic carbocycles. The van der Waals surface area contributed by atoms with Crippen LogP contribution in [-0.4, -0.2) is 12.7 Å². The van der Waals surface area contributed by atoms with Crippen LogP contribution in [0.3, 0.4) is 0 Å². The van der Waals surface area contributed by atoms with E-state index in [2.05, 4.69) is 13.8 Å². The molecular weight excluding hydrogens is 342 g/mol. The van der Waals surface area contributed by atoms with E-state index >= 15 is 0 Å². The summed E-state index contributed by atoms with van der Waals surface area (Å²) in [7, 11) is 0. The summed E-state index contributed by atoms with van der Waals surface area (Å²) in [6, 6.07) is 0. The summed E-state index contributed by atoms with van der Waals surface area (Å²) >= 11 is 0. The quantitative estimate of drug-likeness (QED) is 0.459. The van der Waals surface area contributed by atoms with Crippen LogP contribution in [0.2, 0.25) is 0 Å². The van der Waals surface area contributed by atoms with Gasteiger partial charge in [0.2, 0.25) is 0 Å². The van der Waals surface area contributed by atoms with Gasteiger partial charge in [-0.15, -0.1) is 0 Å². The van der Waals surface area contributed by atoms with Crippen molar-refractivity contribution in [3.8, 4) is 0 Å². The molecule has 3 rings (SSSR count). The second-order valence-electron chi connectivity index (χ2n) is 9.78. The standard InChI is InChI=1S/C24H40F2O/c1-3-4-17(2)22-13-14-23(27-16-22)21-11-9-20(10-12-21)19-7-5-18(6-8-19)15-24(25)26/h15,17-23H,3-14,16H2,1-2H3. The highest BCUT2D eigenvalue weighted by molar-refractivity contribution is 4.93. The molecular formula is C24H40F2O. The molecule has 2 saturated carbocycles. The van der Waals surface area contributed by atoms with E-state index < -0.39 is 6.08 Å². The van der Waals surface area contributed by atoms with E-state index in [0.717, 1.165) is 61.9 Å². The van der Waals surface area contributed by atoms with Gasteiger partial charge in [0.15, 0.2) is 0 Å². The fourth-order valence-electron chi connectivity index (χ4n) is 6.25. The van der Waals surface area contributed by atoms with Crippen LogP contribution in [0.25, 0.3) is 0 Å². The highest BCUT2D eigenvalue weighted by atomic mass is 19.3. The van der Waals surface area contributed by atoms with Crippen molar-refractivity contribution >= 4 is 0 Å². The van der Waals surface area contributed by atoms with Gasteiger partial charge in [0.25, 0.3) is 6.08 Å². The summed E-state index contributed by atoms with van der Waals surface area (Å²) in [6.07, 6.45) is 15.0. The van der Waals surface area contributed by atoms with E-state index in [1.807, 2.05) is 0 Å². The van der Waals surface area contributed by atoms with E-state index in [1.165, 1.54) is 57.4 Å². The number of hydrogen-bond donors (Lipinski definition) is 0. The Bertz CT molecular complexity index is 449. The molecule has 0 bridgehead atoms. The lowest BCUT2D eigenvalue weighted by atomic mass is 9.68. The molecule has 0 N–H and O–H groups in total. The lowest BCUT2D eigenvalue weighted by molar-refractivity contribution is -0.0707. The number of allylic oxidation sites excluding steroid dienone is 1.